The van der Waals surface area contributed by atoms with Gasteiger partial charge >= 0.3 is 0 Å². The summed E-state index contributed by atoms with van der Waals surface area (Å²) in [5.74, 6) is 0.703. The number of nitrogens with zero attached hydrogens (tertiary/aromatic N) is 2. The van der Waals surface area contributed by atoms with E-state index >= 15 is 0 Å². The van der Waals surface area contributed by atoms with Crippen molar-refractivity contribution in [1.29, 1.82) is 0 Å². The van der Waals surface area contributed by atoms with E-state index in [1.54, 1.807) is 25.3 Å². The summed E-state index contributed by atoms with van der Waals surface area (Å²) in [7, 11) is 1.66. The van der Waals surface area contributed by atoms with Gasteiger partial charge in [0.05, 0.1) is 0 Å². The molecular formula is C16H20FN5OS. The first-order valence-corrected chi connectivity index (χ1v) is 7.89. The second-order valence-electron chi connectivity index (χ2n) is 5.08. The van der Waals surface area contributed by atoms with Crippen LogP contribution in [0.3, 0.4) is 0 Å². The van der Waals surface area contributed by atoms with Crippen LogP contribution in [0.5, 0.6) is 0 Å². The fourth-order valence-electron chi connectivity index (χ4n) is 1.93. The summed E-state index contributed by atoms with van der Waals surface area (Å²) < 4.78 is 17.9. The zero-order valence-corrected chi connectivity index (χ0v) is 14.4. The fraction of sp³-hybridized carbons (Fsp3) is 0.312. The first-order valence-electron chi connectivity index (χ1n) is 7.49. The number of methoxy groups -OCH3 is 1. The molecule has 0 spiro atoms. The number of hydrogen-bond acceptors (Lipinski definition) is 5. The van der Waals surface area contributed by atoms with Gasteiger partial charge in [0.2, 0.25) is 5.95 Å². The van der Waals surface area contributed by atoms with E-state index in [0.717, 1.165) is 17.8 Å². The molecule has 0 saturated carbocycles. The monoisotopic (exact) mass is 349 g/mol. The molecule has 0 unspecified atom stereocenters. The molecule has 0 atom stereocenters. The molecule has 1 aromatic carbocycles. The van der Waals surface area contributed by atoms with Crippen LogP contribution in [0.15, 0.2) is 30.3 Å². The Hall–Kier alpha value is -2.32. The quantitative estimate of drug-likeness (QED) is 0.524. The SMILES string of the molecule is COCCCNC(=S)Nc1nc(C)cc(Nc2ccc(F)cc2)n1. The topological polar surface area (TPSA) is 71.1 Å². The molecule has 0 fully saturated rings. The molecule has 6 nitrogen and oxygen atoms in total. The normalized spacial score (nSPS) is 10.3. The van der Waals surface area contributed by atoms with Gasteiger partial charge in [0, 0.05) is 37.7 Å². The van der Waals surface area contributed by atoms with Gasteiger partial charge in [-0.3, -0.25) is 0 Å². The van der Waals surface area contributed by atoms with Crippen LogP contribution in [-0.4, -0.2) is 35.3 Å². The van der Waals surface area contributed by atoms with Crippen LogP contribution in [0, 0.1) is 12.7 Å². The molecule has 0 radical (unpaired) electrons. The number of aryl methyl sites for hydroxylation is 1. The number of anilines is 3. The van der Waals surface area contributed by atoms with Crippen molar-refractivity contribution in [2.75, 3.05) is 30.9 Å². The standard InChI is InChI=1S/C16H20FN5OS/c1-11-10-14(20-13-6-4-12(17)5-7-13)21-15(19-11)22-16(24)18-8-3-9-23-2/h4-7,10H,3,8-9H2,1-2H3,(H3,18,19,20,21,22,24). The predicted molar refractivity (Wildman–Crippen MR) is 97.2 cm³/mol. The van der Waals surface area contributed by atoms with Gasteiger partial charge in [-0.1, -0.05) is 0 Å². The van der Waals surface area contributed by atoms with E-state index in [1.807, 2.05) is 6.92 Å². The summed E-state index contributed by atoms with van der Waals surface area (Å²) in [5.41, 5.74) is 1.51. The van der Waals surface area contributed by atoms with Gasteiger partial charge in [0.15, 0.2) is 5.11 Å². The summed E-state index contributed by atoms with van der Waals surface area (Å²) in [6, 6.07) is 7.84. The van der Waals surface area contributed by atoms with E-state index in [1.165, 1.54) is 12.1 Å². The maximum Gasteiger partial charge on any atom is 0.231 e. The highest BCUT2D eigenvalue weighted by molar-refractivity contribution is 7.80. The van der Waals surface area contributed by atoms with Crippen molar-refractivity contribution >= 4 is 34.8 Å². The van der Waals surface area contributed by atoms with E-state index in [9.17, 15) is 4.39 Å². The van der Waals surface area contributed by atoms with Crippen LogP contribution >= 0.6 is 12.2 Å². The lowest BCUT2D eigenvalue weighted by Crippen LogP contribution is -2.30. The van der Waals surface area contributed by atoms with Crippen molar-refractivity contribution in [1.82, 2.24) is 15.3 Å². The molecule has 1 heterocycles. The largest absolute Gasteiger partial charge is 0.385 e. The van der Waals surface area contributed by atoms with Crippen LogP contribution in [0.2, 0.25) is 0 Å². The van der Waals surface area contributed by atoms with Crippen molar-refractivity contribution in [2.45, 2.75) is 13.3 Å². The van der Waals surface area contributed by atoms with Crippen LogP contribution in [0.4, 0.5) is 21.8 Å². The third kappa shape index (κ3) is 6.05. The number of hydrogen-bond donors (Lipinski definition) is 3. The summed E-state index contributed by atoms with van der Waals surface area (Å²) in [6.07, 6.45) is 0.852. The van der Waals surface area contributed by atoms with Crippen molar-refractivity contribution in [3.8, 4) is 0 Å². The zero-order valence-electron chi connectivity index (χ0n) is 13.6. The number of benzene rings is 1. The van der Waals surface area contributed by atoms with E-state index in [0.29, 0.717) is 30.0 Å². The average Bonchev–Trinajstić information content (AvgIpc) is 2.53. The number of thiocarbonyl (C=S) groups is 1. The van der Waals surface area contributed by atoms with Gasteiger partial charge in [0.25, 0.3) is 0 Å². The lowest BCUT2D eigenvalue weighted by atomic mass is 10.3. The lowest BCUT2D eigenvalue weighted by molar-refractivity contribution is 0.196. The number of rotatable bonds is 7. The van der Waals surface area contributed by atoms with Crippen molar-refractivity contribution in [2.24, 2.45) is 0 Å². The smallest absolute Gasteiger partial charge is 0.231 e. The van der Waals surface area contributed by atoms with Gasteiger partial charge in [-0.05, 0) is 49.8 Å². The van der Waals surface area contributed by atoms with E-state index in [2.05, 4.69) is 25.9 Å². The number of halogens is 1. The molecule has 0 amide bonds. The van der Waals surface area contributed by atoms with Crippen molar-refractivity contribution < 1.29 is 9.13 Å². The predicted octanol–water partition coefficient (Wildman–Crippen LogP) is 2.99. The molecule has 0 bridgehead atoms. The molecule has 0 aliphatic carbocycles. The molecule has 128 valence electrons. The number of aromatic nitrogens is 2. The highest BCUT2D eigenvalue weighted by Gasteiger charge is 2.05. The maximum atomic E-state index is 13.0. The minimum atomic E-state index is -0.285. The molecule has 0 aliphatic heterocycles. The molecule has 0 saturated heterocycles. The fourth-order valence-corrected chi connectivity index (χ4v) is 2.13. The summed E-state index contributed by atoms with van der Waals surface area (Å²) in [4.78, 5) is 8.66. The van der Waals surface area contributed by atoms with Crippen LogP contribution in [0.1, 0.15) is 12.1 Å². The van der Waals surface area contributed by atoms with Crippen molar-refractivity contribution in [3.63, 3.8) is 0 Å². The van der Waals surface area contributed by atoms with E-state index < -0.39 is 0 Å². The van der Waals surface area contributed by atoms with Crippen LogP contribution in [-0.2, 0) is 4.74 Å². The van der Waals surface area contributed by atoms with Gasteiger partial charge in [0.1, 0.15) is 11.6 Å². The van der Waals surface area contributed by atoms with Crippen LogP contribution < -0.4 is 16.0 Å². The Morgan fingerprint density at radius 1 is 1.25 bits per heavy atom. The highest BCUT2D eigenvalue weighted by Crippen LogP contribution is 2.17. The van der Waals surface area contributed by atoms with Gasteiger partial charge < -0.3 is 20.7 Å². The number of ether oxygens (including phenoxy) is 1. The summed E-state index contributed by atoms with van der Waals surface area (Å²) in [6.45, 7) is 3.23. The Morgan fingerprint density at radius 3 is 2.71 bits per heavy atom. The van der Waals surface area contributed by atoms with Gasteiger partial charge in [-0.25, -0.2) is 9.37 Å². The Morgan fingerprint density at radius 2 is 2.00 bits per heavy atom. The second-order valence-corrected chi connectivity index (χ2v) is 5.49. The zero-order chi connectivity index (χ0) is 17.4. The Bertz CT molecular complexity index is 681. The highest BCUT2D eigenvalue weighted by atomic mass is 32.1. The average molecular weight is 349 g/mol. The minimum absolute atomic E-state index is 0.285. The molecule has 1 aromatic heterocycles. The van der Waals surface area contributed by atoms with E-state index in [4.69, 9.17) is 17.0 Å². The number of nitrogens with one attached hydrogen (secondary N) is 3. The molecule has 3 N–H and O–H groups in total. The van der Waals surface area contributed by atoms with E-state index in [-0.39, 0.29) is 5.82 Å². The van der Waals surface area contributed by atoms with Crippen LogP contribution in [0.25, 0.3) is 0 Å². The summed E-state index contributed by atoms with van der Waals surface area (Å²) >= 11 is 5.21. The third-order valence-electron chi connectivity index (χ3n) is 3.01. The first-order chi connectivity index (χ1) is 11.6. The lowest BCUT2D eigenvalue weighted by Gasteiger charge is -2.11. The molecule has 2 aromatic rings. The molecular weight excluding hydrogens is 329 g/mol. The second kappa shape index (κ2) is 9.09. The third-order valence-corrected chi connectivity index (χ3v) is 3.25. The molecule has 8 heteroatoms. The van der Waals surface area contributed by atoms with Crippen molar-refractivity contribution in [3.05, 3.63) is 41.8 Å². The van der Waals surface area contributed by atoms with Gasteiger partial charge in [-0.15, -0.1) is 0 Å². The molecule has 24 heavy (non-hydrogen) atoms. The Balaban J connectivity index is 1.97. The summed E-state index contributed by atoms with van der Waals surface area (Å²) in [5, 5.41) is 9.57. The van der Waals surface area contributed by atoms with Gasteiger partial charge in [-0.2, -0.15) is 4.98 Å². The maximum absolute atomic E-state index is 13.0. The minimum Gasteiger partial charge on any atom is -0.385 e. The Kier molecular flexibility index (Phi) is 6.83. The molecule has 2 rings (SSSR count). The first kappa shape index (κ1) is 18.0. The molecule has 0 aliphatic rings. The Labute approximate surface area is 145 Å².